The lowest BCUT2D eigenvalue weighted by molar-refractivity contribution is 0.266. The molecule has 3 heterocycles. The predicted molar refractivity (Wildman–Crippen MR) is 106 cm³/mol. The van der Waals surface area contributed by atoms with Gasteiger partial charge in [0.15, 0.2) is 0 Å². The summed E-state index contributed by atoms with van der Waals surface area (Å²) in [6, 6.07) is 10.9. The van der Waals surface area contributed by atoms with Gasteiger partial charge in [-0.05, 0) is 43.3 Å². The predicted octanol–water partition coefficient (Wildman–Crippen LogP) is 3.77. The molecular formula is C19H21N3O4S2. The number of piperidine rings is 1. The third-order valence-electron chi connectivity index (χ3n) is 4.69. The zero-order valence-corrected chi connectivity index (χ0v) is 17.1. The van der Waals surface area contributed by atoms with Crippen molar-refractivity contribution in [3.05, 3.63) is 47.7 Å². The minimum Gasteiger partial charge on any atom is -0.493 e. The van der Waals surface area contributed by atoms with Crippen molar-refractivity contribution in [1.82, 2.24) is 14.4 Å². The number of sulfonamides is 1. The van der Waals surface area contributed by atoms with Crippen molar-refractivity contribution in [2.24, 2.45) is 0 Å². The summed E-state index contributed by atoms with van der Waals surface area (Å²) in [5, 5.41) is 5.88. The van der Waals surface area contributed by atoms with Crippen LogP contribution in [0.2, 0.25) is 0 Å². The molecule has 9 heteroatoms. The standard InChI is InChI=1S/C19H21N3O4S2/c1-2-25-16-9-4-3-8-15(16)18-20-19(26-21-18)14-7-5-11-22(13-14)28(23,24)17-10-6-12-27-17/h3-4,6,8-10,12,14H,2,5,7,11,13H2,1H3/t14-/m1/s1. The van der Waals surface area contributed by atoms with Crippen molar-refractivity contribution < 1.29 is 17.7 Å². The minimum atomic E-state index is -3.48. The second kappa shape index (κ2) is 8.02. The number of hydrogen-bond donors (Lipinski definition) is 0. The van der Waals surface area contributed by atoms with Crippen LogP contribution in [-0.2, 0) is 10.0 Å². The summed E-state index contributed by atoms with van der Waals surface area (Å²) in [4.78, 5) is 4.55. The van der Waals surface area contributed by atoms with E-state index in [0.717, 1.165) is 18.4 Å². The van der Waals surface area contributed by atoms with Crippen LogP contribution in [0.5, 0.6) is 5.75 Å². The number of aromatic nitrogens is 2. The van der Waals surface area contributed by atoms with Crippen LogP contribution in [0.25, 0.3) is 11.4 Å². The maximum absolute atomic E-state index is 12.8. The van der Waals surface area contributed by atoms with Crippen molar-refractivity contribution in [3.8, 4) is 17.1 Å². The van der Waals surface area contributed by atoms with Gasteiger partial charge in [0.05, 0.1) is 18.1 Å². The molecule has 1 fully saturated rings. The molecule has 0 bridgehead atoms. The SMILES string of the molecule is CCOc1ccccc1-c1noc([C@@H]2CCCN(S(=O)(=O)c3cccs3)C2)n1. The molecule has 0 N–H and O–H groups in total. The molecular weight excluding hydrogens is 398 g/mol. The molecule has 0 saturated carbocycles. The van der Waals surface area contributed by atoms with Gasteiger partial charge in [0, 0.05) is 13.1 Å². The lowest BCUT2D eigenvalue weighted by Crippen LogP contribution is -2.38. The highest BCUT2D eigenvalue weighted by Gasteiger charge is 2.34. The van der Waals surface area contributed by atoms with E-state index in [4.69, 9.17) is 9.26 Å². The Bertz CT molecular complexity index is 1030. The molecule has 0 unspecified atom stereocenters. The van der Waals surface area contributed by atoms with E-state index in [9.17, 15) is 8.42 Å². The highest BCUT2D eigenvalue weighted by molar-refractivity contribution is 7.91. The Morgan fingerprint density at radius 2 is 2.14 bits per heavy atom. The summed E-state index contributed by atoms with van der Waals surface area (Å²) in [7, 11) is -3.48. The van der Waals surface area contributed by atoms with Crippen LogP contribution < -0.4 is 4.74 Å². The minimum absolute atomic E-state index is 0.121. The molecule has 148 valence electrons. The highest BCUT2D eigenvalue weighted by atomic mass is 32.2. The van der Waals surface area contributed by atoms with Crippen LogP contribution in [0.15, 0.2) is 50.5 Å². The van der Waals surface area contributed by atoms with Crippen LogP contribution in [0.4, 0.5) is 0 Å². The van der Waals surface area contributed by atoms with Crippen molar-refractivity contribution in [2.75, 3.05) is 19.7 Å². The van der Waals surface area contributed by atoms with E-state index in [1.807, 2.05) is 31.2 Å². The topological polar surface area (TPSA) is 85.5 Å². The monoisotopic (exact) mass is 419 g/mol. The molecule has 1 aliphatic rings. The first-order valence-corrected chi connectivity index (χ1v) is 11.5. The average molecular weight is 420 g/mol. The Labute approximate surface area is 168 Å². The molecule has 4 rings (SSSR count). The summed E-state index contributed by atoms with van der Waals surface area (Å²) >= 11 is 1.23. The molecule has 0 spiro atoms. The van der Waals surface area contributed by atoms with Crippen LogP contribution in [-0.4, -0.2) is 42.6 Å². The van der Waals surface area contributed by atoms with Gasteiger partial charge in [0.1, 0.15) is 9.96 Å². The zero-order chi connectivity index (χ0) is 19.6. The fourth-order valence-corrected chi connectivity index (χ4v) is 6.01. The zero-order valence-electron chi connectivity index (χ0n) is 15.4. The van der Waals surface area contributed by atoms with Gasteiger partial charge in [-0.1, -0.05) is 23.4 Å². The van der Waals surface area contributed by atoms with E-state index in [1.54, 1.807) is 17.5 Å². The number of ether oxygens (including phenoxy) is 1. The Morgan fingerprint density at radius 3 is 2.93 bits per heavy atom. The molecule has 2 aromatic heterocycles. The van der Waals surface area contributed by atoms with Gasteiger partial charge < -0.3 is 9.26 Å². The van der Waals surface area contributed by atoms with Gasteiger partial charge in [-0.2, -0.15) is 9.29 Å². The molecule has 0 radical (unpaired) electrons. The molecule has 1 saturated heterocycles. The lowest BCUT2D eigenvalue weighted by atomic mass is 10.00. The number of benzene rings is 1. The van der Waals surface area contributed by atoms with Crippen LogP contribution >= 0.6 is 11.3 Å². The molecule has 3 aromatic rings. The fraction of sp³-hybridized carbons (Fsp3) is 0.368. The summed E-state index contributed by atoms with van der Waals surface area (Å²) in [5.74, 6) is 1.50. The number of hydrogen-bond acceptors (Lipinski definition) is 7. The Balaban J connectivity index is 1.56. The maximum Gasteiger partial charge on any atom is 0.252 e. The Kier molecular flexibility index (Phi) is 5.47. The second-order valence-electron chi connectivity index (χ2n) is 6.52. The van der Waals surface area contributed by atoms with E-state index in [-0.39, 0.29) is 5.92 Å². The number of nitrogens with zero attached hydrogens (tertiary/aromatic N) is 3. The third-order valence-corrected chi connectivity index (χ3v) is 7.93. The highest BCUT2D eigenvalue weighted by Crippen LogP contribution is 2.33. The lowest BCUT2D eigenvalue weighted by Gasteiger charge is -2.29. The molecule has 1 aliphatic heterocycles. The number of para-hydroxylation sites is 1. The molecule has 0 amide bonds. The molecule has 1 aromatic carbocycles. The maximum atomic E-state index is 12.8. The van der Waals surface area contributed by atoms with E-state index >= 15 is 0 Å². The first-order valence-electron chi connectivity index (χ1n) is 9.19. The Hall–Kier alpha value is -2.23. The van der Waals surface area contributed by atoms with Gasteiger partial charge in [-0.15, -0.1) is 11.3 Å². The summed E-state index contributed by atoms with van der Waals surface area (Å²) in [6.45, 7) is 3.31. The van der Waals surface area contributed by atoms with Crippen molar-refractivity contribution in [3.63, 3.8) is 0 Å². The van der Waals surface area contributed by atoms with Crippen molar-refractivity contribution in [2.45, 2.75) is 29.9 Å². The van der Waals surface area contributed by atoms with Crippen LogP contribution in [0, 0.1) is 0 Å². The average Bonchev–Trinajstić information content (AvgIpc) is 3.41. The number of rotatable bonds is 6. The van der Waals surface area contributed by atoms with Crippen LogP contribution in [0.3, 0.4) is 0 Å². The van der Waals surface area contributed by atoms with E-state index in [1.165, 1.54) is 15.6 Å². The smallest absolute Gasteiger partial charge is 0.252 e. The summed E-state index contributed by atoms with van der Waals surface area (Å²) in [6.07, 6.45) is 1.56. The molecule has 28 heavy (non-hydrogen) atoms. The Morgan fingerprint density at radius 1 is 1.29 bits per heavy atom. The second-order valence-corrected chi connectivity index (χ2v) is 9.63. The van der Waals surface area contributed by atoms with E-state index in [0.29, 0.717) is 41.4 Å². The fourth-order valence-electron chi connectivity index (χ4n) is 3.34. The van der Waals surface area contributed by atoms with Crippen LogP contribution in [0.1, 0.15) is 31.6 Å². The molecule has 1 atom stereocenters. The van der Waals surface area contributed by atoms with Crippen molar-refractivity contribution in [1.29, 1.82) is 0 Å². The third kappa shape index (κ3) is 3.69. The molecule has 7 nitrogen and oxygen atoms in total. The van der Waals surface area contributed by atoms with Gasteiger partial charge in [-0.25, -0.2) is 8.42 Å². The van der Waals surface area contributed by atoms with E-state index in [2.05, 4.69) is 10.1 Å². The largest absolute Gasteiger partial charge is 0.493 e. The summed E-state index contributed by atoms with van der Waals surface area (Å²) < 4.78 is 38.7. The van der Waals surface area contributed by atoms with Gasteiger partial charge in [0.25, 0.3) is 10.0 Å². The summed E-state index contributed by atoms with van der Waals surface area (Å²) in [5.41, 5.74) is 0.762. The number of thiophene rings is 1. The van der Waals surface area contributed by atoms with Gasteiger partial charge >= 0.3 is 0 Å². The van der Waals surface area contributed by atoms with E-state index < -0.39 is 10.0 Å². The first kappa shape index (κ1) is 19.1. The van der Waals surface area contributed by atoms with Crippen molar-refractivity contribution >= 4 is 21.4 Å². The quantitative estimate of drug-likeness (QED) is 0.605. The first-order chi connectivity index (χ1) is 13.6. The normalized spacial score (nSPS) is 18.2. The van der Waals surface area contributed by atoms with Gasteiger partial charge in [0.2, 0.25) is 11.7 Å². The molecule has 0 aliphatic carbocycles. The van der Waals surface area contributed by atoms with Gasteiger partial charge in [-0.3, -0.25) is 0 Å².